The summed E-state index contributed by atoms with van der Waals surface area (Å²) in [5.74, 6) is 1.92. The van der Waals surface area contributed by atoms with Crippen LogP contribution in [0.3, 0.4) is 0 Å². The summed E-state index contributed by atoms with van der Waals surface area (Å²) in [6.45, 7) is 21.9. The number of hydrogen-bond donors (Lipinski definition) is 2. The molecule has 2 aromatic heterocycles. The molecule has 0 bridgehead atoms. The topological polar surface area (TPSA) is 101 Å². The number of imidazole rings is 2. The molecule has 2 aliphatic heterocycles. The summed E-state index contributed by atoms with van der Waals surface area (Å²) in [7, 11) is -1.16. The Hall–Kier alpha value is -2.05. The Morgan fingerprint density at radius 2 is 1.73 bits per heavy atom. The highest BCUT2D eigenvalue weighted by Gasteiger charge is 2.40. The van der Waals surface area contributed by atoms with Gasteiger partial charge in [0.15, 0.2) is 0 Å². The molecule has 2 aromatic rings. The molecule has 248 valence electrons. The summed E-state index contributed by atoms with van der Waals surface area (Å²) in [6.07, 6.45) is 14.4. The largest absolute Gasteiger partial charge is 0.481 e. The molecular formula is C33H59N7O3Si. The van der Waals surface area contributed by atoms with E-state index in [0.29, 0.717) is 31.5 Å². The summed E-state index contributed by atoms with van der Waals surface area (Å²) < 4.78 is 10.4. The Balaban J connectivity index is 1.30. The number of carbonyl (C=O) groups is 1. The van der Waals surface area contributed by atoms with Crippen LogP contribution in [-0.2, 0) is 29.2 Å². The van der Waals surface area contributed by atoms with Crippen LogP contribution in [0.2, 0.25) is 25.7 Å². The number of carboxylic acid groups (broad SMARTS) is 1. The van der Waals surface area contributed by atoms with E-state index in [1.807, 2.05) is 18.6 Å². The van der Waals surface area contributed by atoms with Crippen molar-refractivity contribution >= 4 is 14.0 Å². The molecule has 0 aromatic carbocycles. The van der Waals surface area contributed by atoms with E-state index in [2.05, 4.69) is 63.9 Å². The first kappa shape index (κ1) is 34.8. The van der Waals surface area contributed by atoms with E-state index < -0.39 is 14.0 Å². The lowest BCUT2D eigenvalue weighted by Crippen LogP contribution is -2.42. The predicted molar refractivity (Wildman–Crippen MR) is 178 cm³/mol. The van der Waals surface area contributed by atoms with Gasteiger partial charge in [-0.1, -0.05) is 33.5 Å². The van der Waals surface area contributed by atoms with Crippen molar-refractivity contribution in [3.8, 4) is 0 Å². The number of aliphatic carboxylic acids is 1. The minimum atomic E-state index is -1.16. The molecule has 2 fully saturated rings. The second-order valence-corrected chi connectivity index (χ2v) is 20.5. The van der Waals surface area contributed by atoms with Gasteiger partial charge in [-0.05, 0) is 82.2 Å². The average molecular weight is 630 g/mol. The quantitative estimate of drug-likeness (QED) is 0.166. The van der Waals surface area contributed by atoms with Gasteiger partial charge in [0, 0.05) is 71.9 Å². The molecule has 2 saturated heterocycles. The molecule has 11 heteroatoms. The number of likely N-dealkylation sites (tertiary alicyclic amines) is 2. The first-order valence-electron chi connectivity index (χ1n) is 17.0. The lowest BCUT2D eigenvalue weighted by molar-refractivity contribution is -0.137. The molecule has 10 nitrogen and oxygen atoms in total. The van der Waals surface area contributed by atoms with E-state index in [9.17, 15) is 4.79 Å². The Morgan fingerprint density at radius 3 is 2.43 bits per heavy atom. The normalized spacial score (nSPS) is 18.5. The summed E-state index contributed by atoms with van der Waals surface area (Å²) >= 11 is 0. The van der Waals surface area contributed by atoms with E-state index in [-0.39, 0.29) is 12.5 Å². The number of nitrogens with zero attached hydrogens (tertiary/aromatic N) is 6. The maximum Gasteiger partial charge on any atom is 0.303 e. The minimum absolute atomic E-state index is 0.0828. The van der Waals surface area contributed by atoms with Crippen LogP contribution < -0.4 is 5.32 Å². The van der Waals surface area contributed by atoms with Crippen LogP contribution in [0.25, 0.3) is 0 Å². The van der Waals surface area contributed by atoms with E-state index in [1.54, 1.807) is 0 Å². The maximum absolute atomic E-state index is 11.1. The van der Waals surface area contributed by atoms with Crippen LogP contribution in [0.5, 0.6) is 0 Å². The monoisotopic (exact) mass is 629 g/mol. The van der Waals surface area contributed by atoms with Gasteiger partial charge in [0.05, 0.1) is 6.04 Å². The molecule has 1 spiro atoms. The molecule has 0 saturated carbocycles. The van der Waals surface area contributed by atoms with Crippen LogP contribution in [0.4, 0.5) is 0 Å². The number of hydrogen-bond acceptors (Lipinski definition) is 7. The zero-order valence-electron chi connectivity index (χ0n) is 28.1. The van der Waals surface area contributed by atoms with Crippen molar-refractivity contribution < 1.29 is 14.6 Å². The van der Waals surface area contributed by atoms with Gasteiger partial charge >= 0.3 is 5.97 Å². The summed E-state index contributed by atoms with van der Waals surface area (Å²) in [5.41, 5.74) is 0.535. The van der Waals surface area contributed by atoms with Gasteiger partial charge in [0.25, 0.3) is 0 Å². The number of carboxylic acids is 1. The fourth-order valence-corrected chi connectivity index (χ4v) is 7.54. The lowest BCUT2D eigenvalue weighted by atomic mass is 9.77. The third kappa shape index (κ3) is 11.1. The standard InChI is InChI=1S/C33H59N7O3Si/c1-28(2)25-37-17-9-33(10-18-37)11-19-38(26-33)15-7-16-39-20-13-35-30(39)24-29(34-12-6-8-31(41)42)32-36-14-21-40(32)27-43-22-23-44(3,4)5/h13-14,20-21,28-29,34H,6-12,15-19,22-27H2,1-5H3,(H,41,42). The smallest absolute Gasteiger partial charge is 0.303 e. The zero-order chi connectivity index (χ0) is 31.6. The lowest BCUT2D eigenvalue weighted by Gasteiger charge is -2.40. The first-order valence-corrected chi connectivity index (χ1v) is 20.7. The molecule has 44 heavy (non-hydrogen) atoms. The summed E-state index contributed by atoms with van der Waals surface area (Å²) in [4.78, 5) is 25.9. The molecule has 1 unspecified atom stereocenters. The molecule has 2 aliphatic rings. The number of rotatable bonds is 19. The van der Waals surface area contributed by atoms with Gasteiger partial charge in [0.1, 0.15) is 18.4 Å². The van der Waals surface area contributed by atoms with Gasteiger partial charge in [-0.2, -0.15) is 0 Å². The van der Waals surface area contributed by atoms with Gasteiger partial charge in [0.2, 0.25) is 0 Å². The second kappa shape index (κ2) is 16.5. The van der Waals surface area contributed by atoms with Crippen LogP contribution in [0.15, 0.2) is 24.8 Å². The maximum atomic E-state index is 11.1. The average Bonchev–Trinajstić information content (AvgIpc) is 3.70. The molecule has 0 amide bonds. The first-order chi connectivity index (χ1) is 21.0. The number of nitrogens with one attached hydrogen (secondary N) is 1. The van der Waals surface area contributed by atoms with E-state index in [4.69, 9.17) is 19.8 Å². The van der Waals surface area contributed by atoms with Crippen molar-refractivity contribution in [3.63, 3.8) is 0 Å². The Bertz CT molecular complexity index is 1140. The fraction of sp³-hybridized carbons (Fsp3) is 0.788. The zero-order valence-corrected chi connectivity index (χ0v) is 29.1. The van der Waals surface area contributed by atoms with Crippen molar-refractivity contribution in [2.24, 2.45) is 11.3 Å². The predicted octanol–water partition coefficient (Wildman–Crippen LogP) is 4.96. The van der Waals surface area contributed by atoms with Gasteiger partial charge < -0.3 is 34.1 Å². The van der Waals surface area contributed by atoms with Gasteiger partial charge in [-0.15, -0.1) is 0 Å². The summed E-state index contributed by atoms with van der Waals surface area (Å²) in [5, 5.41) is 12.7. The van der Waals surface area contributed by atoms with Crippen LogP contribution >= 0.6 is 0 Å². The highest BCUT2D eigenvalue weighted by molar-refractivity contribution is 6.76. The van der Waals surface area contributed by atoms with Crippen molar-refractivity contribution in [3.05, 3.63) is 36.4 Å². The molecule has 2 N–H and O–H groups in total. The highest BCUT2D eigenvalue weighted by Crippen LogP contribution is 2.40. The number of aryl methyl sites for hydroxylation is 1. The third-order valence-electron chi connectivity index (χ3n) is 9.36. The second-order valence-electron chi connectivity index (χ2n) is 14.9. The fourth-order valence-electron chi connectivity index (χ4n) is 6.79. The summed E-state index contributed by atoms with van der Waals surface area (Å²) in [6, 6.07) is 1.04. The van der Waals surface area contributed by atoms with E-state index >= 15 is 0 Å². The molecule has 0 aliphatic carbocycles. The van der Waals surface area contributed by atoms with Crippen molar-refractivity contribution in [1.29, 1.82) is 0 Å². The molecule has 4 rings (SSSR count). The minimum Gasteiger partial charge on any atom is -0.481 e. The molecule has 1 atom stereocenters. The van der Waals surface area contributed by atoms with Crippen molar-refractivity contribution in [2.45, 2.75) is 104 Å². The molecular weight excluding hydrogens is 570 g/mol. The number of piperidine rings is 1. The Kier molecular flexibility index (Phi) is 13.0. The van der Waals surface area contributed by atoms with Crippen LogP contribution in [0.1, 0.15) is 70.1 Å². The van der Waals surface area contributed by atoms with E-state index in [0.717, 1.165) is 49.7 Å². The van der Waals surface area contributed by atoms with E-state index in [1.165, 1.54) is 52.0 Å². The van der Waals surface area contributed by atoms with Crippen LogP contribution in [0, 0.1) is 11.3 Å². The number of aromatic nitrogens is 4. The van der Waals surface area contributed by atoms with Crippen molar-refractivity contribution in [2.75, 3.05) is 52.4 Å². The third-order valence-corrected chi connectivity index (χ3v) is 11.1. The Labute approximate surface area is 266 Å². The van der Waals surface area contributed by atoms with Gasteiger partial charge in [-0.3, -0.25) is 4.79 Å². The number of ether oxygens (including phenoxy) is 1. The SMILES string of the molecule is CC(C)CN1CCC2(CC1)CCN(CCCn1ccnc1CC(NCCCC(=O)O)c1nccn1COCC[Si](C)(C)C)C2. The Morgan fingerprint density at radius 1 is 1.02 bits per heavy atom. The van der Waals surface area contributed by atoms with Crippen molar-refractivity contribution in [1.82, 2.24) is 34.2 Å². The van der Waals surface area contributed by atoms with Gasteiger partial charge in [-0.25, -0.2) is 9.97 Å². The van der Waals surface area contributed by atoms with Crippen LogP contribution in [-0.4, -0.2) is 100 Å². The molecule has 0 radical (unpaired) electrons. The molecule has 4 heterocycles. The highest BCUT2D eigenvalue weighted by atomic mass is 28.3.